The van der Waals surface area contributed by atoms with Crippen molar-refractivity contribution in [3.8, 4) is 0 Å². The molecule has 1 aliphatic heterocycles. The Kier molecular flexibility index (Phi) is 1.88. The molecule has 13 heavy (non-hydrogen) atoms. The molecule has 1 aliphatic carbocycles. The maximum atomic E-state index is 9.42. The van der Waals surface area contributed by atoms with E-state index in [2.05, 4.69) is 0 Å². The van der Waals surface area contributed by atoms with Crippen molar-refractivity contribution in [3.63, 3.8) is 0 Å². The second kappa shape index (κ2) is 2.63. The minimum Gasteiger partial charge on any atom is -0.390 e. The van der Waals surface area contributed by atoms with Crippen molar-refractivity contribution in [2.75, 3.05) is 0 Å². The molecule has 0 aromatic carbocycles. The number of hydrogen-bond acceptors (Lipinski definition) is 6. The Labute approximate surface area is 74.0 Å². The van der Waals surface area contributed by atoms with E-state index in [1.807, 2.05) is 0 Å². The molecule has 2 unspecified atom stereocenters. The fourth-order valence-electron chi connectivity index (χ4n) is 1.70. The van der Waals surface area contributed by atoms with Gasteiger partial charge in [-0.1, -0.05) is 0 Å². The van der Waals surface area contributed by atoms with Gasteiger partial charge < -0.3 is 30.3 Å². The van der Waals surface area contributed by atoms with Crippen LogP contribution >= 0.6 is 0 Å². The summed E-state index contributed by atoms with van der Waals surface area (Å²) in [5.41, 5.74) is -1.28. The molecular weight excluding hydrogens is 180 g/mol. The van der Waals surface area contributed by atoms with Gasteiger partial charge in [-0.25, -0.2) is 0 Å². The average Bonchev–Trinajstić information content (AvgIpc) is 2.71. The Balaban J connectivity index is 2.17. The van der Waals surface area contributed by atoms with Crippen molar-refractivity contribution in [2.24, 2.45) is 0 Å². The quantitative estimate of drug-likeness (QED) is 0.278. The largest absolute Gasteiger partial charge is 0.390 e. The summed E-state index contributed by atoms with van der Waals surface area (Å²) < 4.78 is 4.84. The molecular formula is C7H12O6. The van der Waals surface area contributed by atoms with Crippen LogP contribution in [0.15, 0.2) is 0 Å². The van der Waals surface area contributed by atoms with Crippen LogP contribution in [-0.2, 0) is 4.74 Å². The highest BCUT2D eigenvalue weighted by Gasteiger charge is 2.67. The van der Waals surface area contributed by atoms with E-state index in [9.17, 15) is 10.2 Å². The topological polar surface area (TPSA) is 110 Å². The van der Waals surface area contributed by atoms with E-state index in [1.54, 1.807) is 0 Å². The van der Waals surface area contributed by atoms with E-state index in [-0.39, 0.29) is 6.42 Å². The highest BCUT2D eigenvalue weighted by molar-refractivity contribution is 5.16. The van der Waals surface area contributed by atoms with Crippen LogP contribution in [-0.4, -0.2) is 61.8 Å². The first-order chi connectivity index (χ1) is 5.99. The lowest BCUT2D eigenvalue weighted by Gasteiger charge is -2.38. The monoisotopic (exact) mass is 192 g/mol. The molecule has 6 atom stereocenters. The van der Waals surface area contributed by atoms with Crippen LogP contribution in [0.1, 0.15) is 6.42 Å². The van der Waals surface area contributed by atoms with E-state index in [0.29, 0.717) is 0 Å². The first-order valence-electron chi connectivity index (χ1n) is 4.07. The van der Waals surface area contributed by atoms with Gasteiger partial charge in [0, 0.05) is 6.42 Å². The van der Waals surface area contributed by atoms with E-state index in [0.717, 1.165) is 0 Å². The van der Waals surface area contributed by atoms with Crippen molar-refractivity contribution in [1.29, 1.82) is 0 Å². The van der Waals surface area contributed by atoms with Crippen molar-refractivity contribution in [2.45, 2.75) is 42.7 Å². The van der Waals surface area contributed by atoms with Crippen molar-refractivity contribution >= 4 is 0 Å². The number of ether oxygens (including phenoxy) is 1. The van der Waals surface area contributed by atoms with Crippen LogP contribution in [0.2, 0.25) is 0 Å². The summed E-state index contributed by atoms with van der Waals surface area (Å²) in [4.78, 5) is 0. The smallest absolute Gasteiger partial charge is 0.184 e. The Morgan fingerprint density at radius 2 is 1.54 bits per heavy atom. The second-order valence-electron chi connectivity index (χ2n) is 3.61. The van der Waals surface area contributed by atoms with Crippen LogP contribution in [0.25, 0.3) is 0 Å². The zero-order valence-electron chi connectivity index (χ0n) is 6.74. The van der Waals surface area contributed by atoms with Crippen molar-refractivity contribution in [3.05, 3.63) is 0 Å². The van der Waals surface area contributed by atoms with E-state index >= 15 is 0 Å². The molecule has 2 rings (SSSR count). The molecule has 6 nitrogen and oxygen atoms in total. The van der Waals surface area contributed by atoms with Gasteiger partial charge in [0.2, 0.25) is 0 Å². The van der Waals surface area contributed by atoms with Crippen LogP contribution in [0.4, 0.5) is 0 Å². The molecule has 76 valence electrons. The van der Waals surface area contributed by atoms with Crippen molar-refractivity contribution in [1.82, 2.24) is 0 Å². The summed E-state index contributed by atoms with van der Waals surface area (Å²) in [6, 6.07) is 0. The summed E-state index contributed by atoms with van der Waals surface area (Å²) in [6.07, 6.45) is -6.67. The summed E-state index contributed by atoms with van der Waals surface area (Å²) in [7, 11) is 0. The summed E-state index contributed by atoms with van der Waals surface area (Å²) in [6.45, 7) is 0. The minimum atomic E-state index is -1.56. The molecule has 1 spiro atoms. The lowest BCUT2D eigenvalue weighted by Crippen LogP contribution is -2.59. The Morgan fingerprint density at radius 3 is 2.00 bits per heavy atom. The average molecular weight is 192 g/mol. The third kappa shape index (κ3) is 1.11. The van der Waals surface area contributed by atoms with Gasteiger partial charge in [-0.2, -0.15) is 0 Å². The first-order valence-corrected chi connectivity index (χ1v) is 4.07. The van der Waals surface area contributed by atoms with Gasteiger partial charge in [0.25, 0.3) is 0 Å². The van der Waals surface area contributed by atoms with Crippen molar-refractivity contribution < 1.29 is 30.3 Å². The predicted octanol–water partition coefficient (Wildman–Crippen LogP) is -3.08. The van der Waals surface area contributed by atoms with Crippen LogP contribution in [0.3, 0.4) is 0 Å². The zero-order valence-corrected chi connectivity index (χ0v) is 6.74. The summed E-state index contributed by atoms with van der Waals surface area (Å²) in [5.74, 6) is 0. The molecule has 5 N–H and O–H groups in total. The SMILES string of the molecule is OC1OC2(C[C@H]2O)[C@@H](O)[C@@H](O)[C@H]1O. The van der Waals surface area contributed by atoms with Gasteiger partial charge in [-0.05, 0) is 0 Å². The third-order valence-corrected chi connectivity index (χ3v) is 2.72. The van der Waals surface area contributed by atoms with Gasteiger partial charge in [-0.3, -0.25) is 0 Å². The Bertz CT molecular complexity index is 221. The minimum absolute atomic E-state index is 0.162. The first kappa shape index (κ1) is 9.32. The molecule has 0 aromatic rings. The Hall–Kier alpha value is -0.240. The molecule has 6 heteroatoms. The number of aliphatic hydroxyl groups excluding tert-OH is 5. The van der Waals surface area contributed by atoms with E-state index in [1.165, 1.54) is 0 Å². The fourth-order valence-corrected chi connectivity index (χ4v) is 1.70. The molecule has 1 heterocycles. The lowest BCUT2D eigenvalue weighted by molar-refractivity contribution is -0.297. The molecule has 0 amide bonds. The van der Waals surface area contributed by atoms with Crippen LogP contribution < -0.4 is 0 Å². The zero-order chi connectivity index (χ0) is 9.80. The summed E-state index contributed by atoms with van der Waals surface area (Å²) >= 11 is 0. The predicted molar refractivity (Wildman–Crippen MR) is 38.5 cm³/mol. The second-order valence-corrected chi connectivity index (χ2v) is 3.61. The van der Waals surface area contributed by atoms with Gasteiger partial charge in [-0.15, -0.1) is 0 Å². The molecule has 1 saturated carbocycles. The molecule has 0 bridgehead atoms. The van der Waals surface area contributed by atoms with Gasteiger partial charge in [0.05, 0.1) is 6.10 Å². The van der Waals surface area contributed by atoms with Gasteiger partial charge >= 0.3 is 0 Å². The maximum Gasteiger partial charge on any atom is 0.184 e. The molecule has 0 aromatic heterocycles. The van der Waals surface area contributed by atoms with Crippen LogP contribution in [0, 0.1) is 0 Å². The maximum absolute atomic E-state index is 9.42. The van der Waals surface area contributed by atoms with Gasteiger partial charge in [0.1, 0.15) is 23.9 Å². The van der Waals surface area contributed by atoms with E-state index in [4.69, 9.17) is 20.1 Å². The van der Waals surface area contributed by atoms with Gasteiger partial charge in [0.15, 0.2) is 6.29 Å². The lowest BCUT2D eigenvalue weighted by atomic mass is 9.97. The number of aliphatic hydroxyl groups is 5. The highest BCUT2D eigenvalue weighted by atomic mass is 16.7. The standard InChI is InChI=1S/C7H12O6/c8-2-1-7(2)5(11)3(9)4(10)6(12)13-7/h2-6,8-12H,1H2/t2-,3+,4-,5+,6?,7?/m1/s1. The van der Waals surface area contributed by atoms with E-state index < -0.39 is 36.3 Å². The molecule has 1 saturated heterocycles. The molecule has 2 aliphatic rings. The third-order valence-electron chi connectivity index (χ3n) is 2.72. The normalized spacial score (nSPS) is 61.2. The highest BCUT2D eigenvalue weighted by Crippen LogP contribution is 2.48. The van der Waals surface area contributed by atoms with Crippen LogP contribution in [0.5, 0.6) is 0 Å². The molecule has 2 fully saturated rings. The Morgan fingerprint density at radius 1 is 1.00 bits per heavy atom. The number of rotatable bonds is 0. The number of hydrogen-bond donors (Lipinski definition) is 5. The fraction of sp³-hybridized carbons (Fsp3) is 1.00. The molecule has 0 radical (unpaired) electrons. The summed E-state index contributed by atoms with van der Waals surface area (Å²) in [5, 5.41) is 46.0.